The molecule has 0 radical (unpaired) electrons. The van der Waals surface area contributed by atoms with Crippen molar-refractivity contribution in [3.05, 3.63) is 62.6 Å². The van der Waals surface area contributed by atoms with Crippen LogP contribution in [-0.4, -0.2) is 60.4 Å². The number of hydrogen-bond donors (Lipinski definition) is 0. The number of carbonyl (C=O) groups excluding carboxylic acids is 1. The summed E-state index contributed by atoms with van der Waals surface area (Å²) in [6, 6.07) is 10.2. The van der Waals surface area contributed by atoms with Gasteiger partial charge >= 0.3 is 0 Å². The Morgan fingerprint density at radius 2 is 1.77 bits per heavy atom. The van der Waals surface area contributed by atoms with E-state index in [1.54, 1.807) is 23.1 Å². The summed E-state index contributed by atoms with van der Waals surface area (Å²) in [5, 5.41) is 12.2. The van der Waals surface area contributed by atoms with Gasteiger partial charge in [0.1, 0.15) is 0 Å². The monoisotopic (exact) mass is 489 g/mol. The molecule has 0 atom stereocenters. The predicted molar refractivity (Wildman–Crippen MR) is 116 cm³/mol. The summed E-state index contributed by atoms with van der Waals surface area (Å²) in [7, 11) is -4.04. The quantitative estimate of drug-likeness (QED) is 0.349. The molecule has 0 aromatic heterocycles. The van der Waals surface area contributed by atoms with Gasteiger partial charge in [0.15, 0.2) is 4.90 Å². The van der Waals surface area contributed by atoms with E-state index in [2.05, 4.69) is 0 Å². The Morgan fingerprint density at radius 3 is 2.43 bits per heavy atom. The van der Waals surface area contributed by atoms with Gasteiger partial charge in [-0.05, 0) is 24.3 Å². The van der Waals surface area contributed by atoms with Gasteiger partial charge in [-0.2, -0.15) is 4.31 Å². The van der Waals surface area contributed by atoms with Crippen LogP contribution >= 0.6 is 35.0 Å². The SMILES string of the molecule is O=C(CSc1cc(Cl)ccc1Cl)N1CCN(S(=O)(=O)c2ccccc2[N+](=O)[O-])CC1. The van der Waals surface area contributed by atoms with Crippen LogP contribution in [0.15, 0.2) is 52.3 Å². The van der Waals surface area contributed by atoms with Gasteiger partial charge in [-0.1, -0.05) is 35.3 Å². The molecule has 0 aliphatic carbocycles. The number of nitro benzene ring substituents is 1. The maximum Gasteiger partial charge on any atom is 0.289 e. The van der Waals surface area contributed by atoms with Crippen molar-refractivity contribution < 1.29 is 18.1 Å². The molecule has 1 amide bonds. The van der Waals surface area contributed by atoms with Crippen molar-refractivity contribution in [3.63, 3.8) is 0 Å². The summed E-state index contributed by atoms with van der Waals surface area (Å²) in [5.74, 6) is -0.0180. The third kappa shape index (κ3) is 5.06. The summed E-state index contributed by atoms with van der Waals surface area (Å²) >= 11 is 13.3. The van der Waals surface area contributed by atoms with Crippen LogP contribution in [0.25, 0.3) is 0 Å². The minimum Gasteiger partial charge on any atom is -0.339 e. The van der Waals surface area contributed by atoms with Crippen LogP contribution in [0.1, 0.15) is 0 Å². The van der Waals surface area contributed by atoms with Crippen molar-refractivity contribution in [1.29, 1.82) is 0 Å². The molecule has 8 nitrogen and oxygen atoms in total. The fraction of sp³-hybridized carbons (Fsp3) is 0.278. The van der Waals surface area contributed by atoms with Gasteiger partial charge in [0.05, 0.1) is 15.7 Å². The number of nitro groups is 1. The number of para-hydroxylation sites is 1. The van der Waals surface area contributed by atoms with Crippen LogP contribution in [0.5, 0.6) is 0 Å². The van der Waals surface area contributed by atoms with Crippen LogP contribution < -0.4 is 0 Å². The first-order chi connectivity index (χ1) is 14.2. The first kappa shape index (κ1) is 22.8. The Balaban J connectivity index is 1.62. The smallest absolute Gasteiger partial charge is 0.289 e. The van der Waals surface area contributed by atoms with E-state index in [1.165, 1.54) is 34.3 Å². The Labute approximate surface area is 187 Å². The molecule has 1 aliphatic heterocycles. The van der Waals surface area contributed by atoms with Crippen LogP contribution in [0, 0.1) is 10.1 Å². The fourth-order valence-corrected chi connectivity index (χ4v) is 5.94. The Hall–Kier alpha value is -1.85. The zero-order valence-electron chi connectivity index (χ0n) is 15.5. The molecule has 160 valence electrons. The van der Waals surface area contributed by atoms with Crippen LogP contribution in [0.4, 0.5) is 5.69 Å². The molecule has 0 unspecified atom stereocenters. The van der Waals surface area contributed by atoms with Crippen LogP contribution in [0.2, 0.25) is 10.0 Å². The average molecular weight is 490 g/mol. The Morgan fingerprint density at radius 1 is 1.10 bits per heavy atom. The van der Waals surface area contributed by atoms with Gasteiger partial charge in [-0.15, -0.1) is 11.8 Å². The van der Waals surface area contributed by atoms with Crippen molar-refractivity contribution >= 4 is 56.6 Å². The van der Waals surface area contributed by atoms with Crippen molar-refractivity contribution in [2.45, 2.75) is 9.79 Å². The fourth-order valence-electron chi connectivity index (χ4n) is 2.96. The van der Waals surface area contributed by atoms with Crippen molar-refractivity contribution in [3.8, 4) is 0 Å². The zero-order chi connectivity index (χ0) is 21.9. The van der Waals surface area contributed by atoms with E-state index in [0.29, 0.717) is 14.9 Å². The maximum absolute atomic E-state index is 12.9. The first-order valence-corrected chi connectivity index (χ1v) is 12.0. The summed E-state index contributed by atoms with van der Waals surface area (Å²) in [6.07, 6.45) is 0. The number of halogens is 2. The lowest BCUT2D eigenvalue weighted by Gasteiger charge is -2.33. The van der Waals surface area contributed by atoms with Crippen molar-refractivity contribution in [1.82, 2.24) is 9.21 Å². The van der Waals surface area contributed by atoms with Crippen molar-refractivity contribution in [2.24, 2.45) is 0 Å². The van der Waals surface area contributed by atoms with E-state index >= 15 is 0 Å². The molecule has 0 saturated carbocycles. The van der Waals surface area contributed by atoms with E-state index < -0.39 is 20.6 Å². The summed E-state index contributed by atoms with van der Waals surface area (Å²) in [5.41, 5.74) is -0.467. The minimum absolute atomic E-state index is 0.0582. The van der Waals surface area contributed by atoms with Gasteiger partial charge in [0.25, 0.3) is 5.69 Å². The van der Waals surface area contributed by atoms with E-state index in [4.69, 9.17) is 23.2 Å². The molecule has 2 aromatic rings. The molecule has 1 fully saturated rings. The molecule has 0 N–H and O–H groups in total. The van der Waals surface area contributed by atoms with E-state index in [9.17, 15) is 23.3 Å². The molecule has 30 heavy (non-hydrogen) atoms. The lowest BCUT2D eigenvalue weighted by molar-refractivity contribution is -0.387. The summed E-state index contributed by atoms with van der Waals surface area (Å²) < 4.78 is 26.9. The highest BCUT2D eigenvalue weighted by Gasteiger charge is 2.34. The van der Waals surface area contributed by atoms with Gasteiger partial charge in [-0.3, -0.25) is 14.9 Å². The highest BCUT2D eigenvalue weighted by Crippen LogP contribution is 2.30. The standard InChI is InChI=1S/C18H17Cl2N3O5S2/c19-13-5-6-14(20)16(11-13)29-12-18(24)21-7-9-22(10-8-21)30(27,28)17-4-2-1-3-15(17)23(25)26/h1-6,11H,7-10,12H2. The second-order valence-corrected chi connectivity index (χ2v) is 10.1. The second-order valence-electron chi connectivity index (χ2n) is 6.37. The summed E-state index contributed by atoms with van der Waals surface area (Å²) in [4.78, 5) is 24.9. The average Bonchev–Trinajstić information content (AvgIpc) is 2.74. The first-order valence-electron chi connectivity index (χ1n) is 8.79. The highest BCUT2D eigenvalue weighted by atomic mass is 35.5. The Kier molecular flexibility index (Phi) is 7.25. The number of thioether (sulfide) groups is 1. The van der Waals surface area contributed by atoms with Crippen LogP contribution in [0.3, 0.4) is 0 Å². The van der Waals surface area contributed by atoms with Crippen LogP contribution in [-0.2, 0) is 14.8 Å². The lowest BCUT2D eigenvalue weighted by atomic mass is 10.3. The van der Waals surface area contributed by atoms with Crippen molar-refractivity contribution in [2.75, 3.05) is 31.9 Å². The number of nitrogens with zero attached hydrogens (tertiary/aromatic N) is 3. The molecular formula is C18H17Cl2N3O5S2. The lowest BCUT2D eigenvalue weighted by Crippen LogP contribution is -2.51. The second kappa shape index (κ2) is 9.52. The molecule has 0 bridgehead atoms. The summed E-state index contributed by atoms with van der Waals surface area (Å²) in [6.45, 7) is 0.510. The number of sulfonamides is 1. The van der Waals surface area contributed by atoms with E-state index in [0.717, 1.165) is 6.07 Å². The van der Waals surface area contributed by atoms with E-state index in [-0.39, 0.29) is 42.7 Å². The molecule has 2 aromatic carbocycles. The predicted octanol–water partition coefficient (Wildman–Crippen LogP) is 3.53. The molecular weight excluding hydrogens is 473 g/mol. The largest absolute Gasteiger partial charge is 0.339 e. The zero-order valence-corrected chi connectivity index (χ0v) is 18.7. The van der Waals surface area contributed by atoms with Gasteiger partial charge in [0.2, 0.25) is 15.9 Å². The normalized spacial score (nSPS) is 15.2. The van der Waals surface area contributed by atoms with Gasteiger partial charge in [-0.25, -0.2) is 8.42 Å². The third-order valence-corrected chi connectivity index (χ3v) is 8.18. The number of benzene rings is 2. The molecule has 3 rings (SSSR count). The molecule has 1 saturated heterocycles. The third-order valence-electron chi connectivity index (χ3n) is 4.52. The number of piperazine rings is 1. The molecule has 1 aliphatic rings. The molecule has 12 heteroatoms. The van der Waals surface area contributed by atoms with Gasteiger partial charge in [0, 0.05) is 42.2 Å². The number of hydrogen-bond acceptors (Lipinski definition) is 6. The number of carbonyl (C=O) groups is 1. The maximum atomic E-state index is 12.9. The number of amides is 1. The Bertz CT molecular complexity index is 1070. The molecule has 1 heterocycles. The minimum atomic E-state index is -4.04. The van der Waals surface area contributed by atoms with E-state index in [1.807, 2.05) is 0 Å². The molecule has 0 spiro atoms. The number of rotatable bonds is 6. The highest BCUT2D eigenvalue weighted by molar-refractivity contribution is 8.00. The topological polar surface area (TPSA) is 101 Å². The van der Waals surface area contributed by atoms with Gasteiger partial charge < -0.3 is 4.90 Å².